The van der Waals surface area contributed by atoms with E-state index in [1.165, 1.54) is 11.3 Å². The number of aromatic amines is 1. The number of rotatable bonds is 4. The Labute approximate surface area is 171 Å². The Hall–Kier alpha value is -2.89. The molecule has 1 atom stereocenters. The number of hydrogen-bond acceptors (Lipinski definition) is 3. The zero-order chi connectivity index (χ0) is 20.8. The van der Waals surface area contributed by atoms with E-state index in [1.54, 1.807) is 0 Å². The molecule has 1 aromatic carbocycles. The molecule has 6 heteroatoms. The summed E-state index contributed by atoms with van der Waals surface area (Å²) in [5, 5.41) is 15.0. The number of carbonyl (C=O) groups excluding carboxylic acids is 1. The zero-order valence-electron chi connectivity index (χ0n) is 17.8. The van der Waals surface area contributed by atoms with E-state index in [0.717, 1.165) is 29.8 Å². The van der Waals surface area contributed by atoms with Crippen molar-refractivity contribution in [2.45, 2.75) is 59.4 Å². The molecule has 2 N–H and O–H groups in total. The Kier molecular flexibility index (Phi) is 4.81. The van der Waals surface area contributed by atoms with Gasteiger partial charge in [0.05, 0.1) is 23.6 Å². The summed E-state index contributed by atoms with van der Waals surface area (Å²) in [6.07, 6.45) is 3.69. The number of nitrogens with zero attached hydrogens (tertiary/aromatic N) is 3. The van der Waals surface area contributed by atoms with Gasteiger partial charge in [-0.15, -0.1) is 0 Å². The fourth-order valence-electron chi connectivity index (χ4n) is 4.06. The fourth-order valence-corrected chi connectivity index (χ4v) is 4.06. The molecule has 29 heavy (non-hydrogen) atoms. The molecule has 0 saturated carbocycles. The topological polar surface area (TPSA) is 75.6 Å². The molecule has 0 unspecified atom stereocenters. The minimum atomic E-state index is -0.148. The van der Waals surface area contributed by atoms with Crippen molar-refractivity contribution in [3.05, 3.63) is 64.7 Å². The van der Waals surface area contributed by atoms with Crippen LogP contribution >= 0.6 is 0 Å². The third-order valence-corrected chi connectivity index (χ3v) is 5.72. The van der Waals surface area contributed by atoms with Crippen LogP contribution in [-0.2, 0) is 6.42 Å². The summed E-state index contributed by atoms with van der Waals surface area (Å²) >= 11 is 0. The molecule has 2 aromatic heterocycles. The molecule has 0 spiro atoms. The zero-order valence-corrected chi connectivity index (χ0v) is 17.8. The molecule has 0 fully saturated rings. The van der Waals surface area contributed by atoms with Crippen molar-refractivity contribution in [3.63, 3.8) is 0 Å². The van der Waals surface area contributed by atoms with E-state index in [9.17, 15) is 4.79 Å². The van der Waals surface area contributed by atoms with Crippen LogP contribution in [0.1, 0.15) is 79.1 Å². The number of amides is 1. The van der Waals surface area contributed by atoms with Gasteiger partial charge in [0.25, 0.3) is 5.91 Å². The first-order valence-corrected chi connectivity index (χ1v) is 10.2. The van der Waals surface area contributed by atoms with Gasteiger partial charge in [-0.1, -0.05) is 45.4 Å². The second-order valence-corrected chi connectivity index (χ2v) is 9.23. The number of aryl methyl sites for hydroxylation is 1. The first-order chi connectivity index (χ1) is 13.7. The molecule has 1 amide bonds. The Morgan fingerprint density at radius 1 is 1.28 bits per heavy atom. The van der Waals surface area contributed by atoms with E-state index < -0.39 is 0 Å². The van der Waals surface area contributed by atoms with E-state index in [0.29, 0.717) is 11.6 Å². The summed E-state index contributed by atoms with van der Waals surface area (Å²) in [7, 11) is 0. The molecule has 0 radical (unpaired) electrons. The Bertz CT molecular complexity index is 1030. The largest absolute Gasteiger partial charge is 0.344 e. The van der Waals surface area contributed by atoms with E-state index >= 15 is 0 Å². The summed E-state index contributed by atoms with van der Waals surface area (Å²) in [5.41, 5.74) is 5.99. The van der Waals surface area contributed by atoms with Gasteiger partial charge in [0.15, 0.2) is 0 Å². The van der Waals surface area contributed by atoms with E-state index in [-0.39, 0.29) is 17.4 Å². The van der Waals surface area contributed by atoms with E-state index in [2.05, 4.69) is 79.5 Å². The average Bonchev–Trinajstić information content (AvgIpc) is 3.29. The van der Waals surface area contributed by atoms with Gasteiger partial charge in [0, 0.05) is 11.3 Å². The molecule has 6 nitrogen and oxygen atoms in total. The highest BCUT2D eigenvalue weighted by Crippen LogP contribution is 2.41. The minimum Gasteiger partial charge on any atom is -0.344 e. The quantitative estimate of drug-likeness (QED) is 0.689. The number of aromatic nitrogens is 4. The molecule has 0 aliphatic heterocycles. The molecular weight excluding hydrogens is 362 g/mol. The predicted octanol–water partition coefficient (Wildman–Crippen LogP) is 4.47. The van der Waals surface area contributed by atoms with Gasteiger partial charge in [0.2, 0.25) is 0 Å². The number of H-pyrrole nitrogens is 1. The standard InChI is InChI=1S/C23H29N5O/c1-14(2)18-10-19(27-26-18)22(29)25-20-11-23(4,5)12-21-17(20)13-24-28(21)16-8-6-15(3)7-9-16/h6-10,13-14,20H,11-12H2,1-5H3,(H,25,29)(H,26,27)/t20-/m1/s1. The molecule has 0 bridgehead atoms. The van der Waals surface area contributed by atoms with Crippen LogP contribution in [0.25, 0.3) is 5.69 Å². The van der Waals surface area contributed by atoms with Crippen molar-refractivity contribution in [3.8, 4) is 5.69 Å². The van der Waals surface area contributed by atoms with Crippen LogP contribution in [0.5, 0.6) is 0 Å². The SMILES string of the molecule is Cc1ccc(-n2ncc3c2CC(C)(C)C[C@H]3NC(=O)c2cc(C(C)C)[nH]n2)cc1. The summed E-state index contributed by atoms with van der Waals surface area (Å²) in [5.74, 6) is 0.155. The predicted molar refractivity (Wildman–Crippen MR) is 113 cm³/mol. The highest BCUT2D eigenvalue weighted by atomic mass is 16.2. The first-order valence-electron chi connectivity index (χ1n) is 10.2. The van der Waals surface area contributed by atoms with Crippen LogP contribution in [0.15, 0.2) is 36.5 Å². The van der Waals surface area contributed by atoms with Crippen LogP contribution < -0.4 is 5.32 Å². The van der Waals surface area contributed by atoms with E-state index in [4.69, 9.17) is 0 Å². The second-order valence-electron chi connectivity index (χ2n) is 9.23. The average molecular weight is 392 g/mol. The van der Waals surface area contributed by atoms with Crippen molar-refractivity contribution in [1.29, 1.82) is 0 Å². The van der Waals surface area contributed by atoms with Crippen LogP contribution in [0.3, 0.4) is 0 Å². The molecule has 152 valence electrons. The number of hydrogen-bond donors (Lipinski definition) is 2. The maximum atomic E-state index is 12.9. The van der Waals surface area contributed by atoms with Crippen LogP contribution in [0, 0.1) is 12.3 Å². The maximum absolute atomic E-state index is 12.9. The summed E-state index contributed by atoms with van der Waals surface area (Å²) in [6, 6.07) is 10.1. The molecule has 3 aromatic rings. The lowest BCUT2D eigenvalue weighted by atomic mass is 9.74. The summed E-state index contributed by atoms with van der Waals surface area (Å²) in [4.78, 5) is 12.9. The monoisotopic (exact) mass is 391 g/mol. The molecule has 0 saturated heterocycles. The molecule has 4 rings (SSSR count). The van der Waals surface area contributed by atoms with Crippen LogP contribution in [-0.4, -0.2) is 25.9 Å². The highest BCUT2D eigenvalue weighted by Gasteiger charge is 2.36. The number of benzene rings is 1. The van der Waals surface area contributed by atoms with Crippen LogP contribution in [0.4, 0.5) is 0 Å². The normalized spacial score (nSPS) is 17.9. The lowest BCUT2D eigenvalue weighted by molar-refractivity contribution is 0.0914. The van der Waals surface area contributed by atoms with Gasteiger partial charge in [-0.25, -0.2) is 4.68 Å². The number of fused-ring (bicyclic) bond motifs is 1. The molecular formula is C23H29N5O. The maximum Gasteiger partial charge on any atom is 0.272 e. The van der Waals surface area contributed by atoms with Crippen LogP contribution in [0.2, 0.25) is 0 Å². The van der Waals surface area contributed by atoms with Gasteiger partial charge >= 0.3 is 0 Å². The number of nitrogens with one attached hydrogen (secondary N) is 2. The fraction of sp³-hybridized carbons (Fsp3) is 0.435. The van der Waals surface area contributed by atoms with Crippen molar-refractivity contribution in [2.24, 2.45) is 5.41 Å². The Morgan fingerprint density at radius 3 is 2.66 bits per heavy atom. The summed E-state index contributed by atoms with van der Waals surface area (Å²) in [6.45, 7) is 10.7. The minimum absolute atomic E-state index is 0.0576. The molecule has 2 heterocycles. The third kappa shape index (κ3) is 3.84. The molecule has 1 aliphatic rings. The summed E-state index contributed by atoms with van der Waals surface area (Å²) < 4.78 is 2.01. The van der Waals surface area contributed by atoms with Gasteiger partial charge in [-0.05, 0) is 49.3 Å². The highest BCUT2D eigenvalue weighted by molar-refractivity contribution is 5.92. The second kappa shape index (κ2) is 7.17. The Morgan fingerprint density at radius 2 is 2.00 bits per heavy atom. The van der Waals surface area contributed by atoms with Gasteiger partial charge in [-0.3, -0.25) is 9.89 Å². The van der Waals surface area contributed by atoms with Crippen molar-refractivity contribution in [1.82, 2.24) is 25.3 Å². The van der Waals surface area contributed by atoms with Gasteiger partial charge in [-0.2, -0.15) is 10.2 Å². The van der Waals surface area contributed by atoms with Crippen molar-refractivity contribution in [2.75, 3.05) is 0 Å². The van der Waals surface area contributed by atoms with Gasteiger partial charge in [0.1, 0.15) is 5.69 Å². The lowest BCUT2D eigenvalue weighted by Gasteiger charge is -2.35. The lowest BCUT2D eigenvalue weighted by Crippen LogP contribution is -2.37. The van der Waals surface area contributed by atoms with E-state index in [1.807, 2.05) is 16.9 Å². The molecule has 1 aliphatic carbocycles. The first kappa shape index (κ1) is 19.4. The van der Waals surface area contributed by atoms with Gasteiger partial charge < -0.3 is 5.32 Å². The Balaban J connectivity index is 1.64. The number of carbonyl (C=O) groups is 1. The van der Waals surface area contributed by atoms with Crippen molar-refractivity contribution < 1.29 is 4.79 Å². The third-order valence-electron chi connectivity index (χ3n) is 5.72. The van der Waals surface area contributed by atoms with Crippen molar-refractivity contribution >= 4 is 5.91 Å². The smallest absolute Gasteiger partial charge is 0.272 e.